The normalized spacial score (nSPS) is 14.7. The number of carboxylic acids is 2. The van der Waals surface area contributed by atoms with Gasteiger partial charge in [-0.2, -0.15) is 0 Å². The van der Waals surface area contributed by atoms with Crippen LogP contribution in [0.1, 0.15) is 65.2 Å². The van der Waals surface area contributed by atoms with Crippen molar-refractivity contribution in [2.24, 2.45) is 5.41 Å². The average molecular weight is 304 g/mol. The summed E-state index contributed by atoms with van der Waals surface area (Å²) in [6.45, 7) is 3.79. The second-order valence-electron chi connectivity index (χ2n) is 5.65. The minimum absolute atomic E-state index is 0.127. The van der Waals surface area contributed by atoms with E-state index >= 15 is 0 Å². The number of carbonyl (C=O) groups is 2. The number of rotatable bonds is 12. The topological polar surface area (TPSA) is 115 Å². The molecule has 0 aromatic carbocycles. The number of hydrogen-bond acceptors (Lipinski definition) is 4. The lowest BCUT2D eigenvalue weighted by molar-refractivity contribution is -0.166. The molecule has 2 atom stereocenters. The largest absolute Gasteiger partial charge is 0.480 e. The van der Waals surface area contributed by atoms with E-state index in [2.05, 4.69) is 0 Å². The molecule has 0 radical (unpaired) electrons. The highest BCUT2D eigenvalue weighted by Gasteiger charge is 2.46. The summed E-state index contributed by atoms with van der Waals surface area (Å²) in [6, 6.07) is 0. The van der Waals surface area contributed by atoms with Gasteiger partial charge in [0, 0.05) is 0 Å². The zero-order chi connectivity index (χ0) is 16.5. The van der Waals surface area contributed by atoms with Crippen molar-refractivity contribution >= 4 is 11.9 Å². The van der Waals surface area contributed by atoms with Gasteiger partial charge in [-0.15, -0.1) is 0 Å². The van der Waals surface area contributed by atoms with Gasteiger partial charge in [-0.1, -0.05) is 26.7 Å². The van der Waals surface area contributed by atoms with Gasteiger partial charge in [0.2, 0.25) is 0 Å². The molecule has 0 spiro atoms. The number of hydrogen-bond donors (Lipinski definition) is 4. The van der Waals surface area contributed by atoms with Gasteiger partial charge in [-0.05, 0) is 38.5 Å². The van der Waals surface area contributed by atoms with Crippen LogP contribution in [0.2, 0.25) is 0 Å². The van der Waals surface area contributed by atoms with Crippen molar-refractivity contribution in [3.05, 3.63) is 0 Å². The predicted molar refractivity (Wildman–Crippen MR) is 78.0 cm³/mol. The summed E-state index contributed by atoms with van der Waals surface area (Å²) in [5, 5.41) is 38.1. The highest BCUT2D eigenvalue weighted by molar-refractivity contribution is 5.98. The fourth-order valence-electron chi connectivity index (χ4n) is 2.43. The lowest BCUT2D eigenvalue weighted by Crippen LogP contribution is -2.40. The van der Waals surface area contributed by atoms with Crippen LogP contribution in [0.25, 0.3) is 0 Å². The van der Waals surface area contributed by atoms with Gasteiger partial charge in [0.25, 0.3) is 0 Å². The molecule has 124 valence electrons. The Morgan fingerprint density at radius 2 is 1.14 bits per heavy atom. The summed E-state index contributed by atoms with van der Waals surface area (Å²) in [5.74, 6) is -2.80. The van der Waals surface area contributed by atoms with Crippen LogP contribution >= 0.6 is 0 Å². The number of carboxylic acid groups (broad SMARTS) is 2. The van der Waals surface area contributed by atoms with Crippen molar-refractivity contribution in [1.82, 2.24) is 0 Å². The van der Waals surface area contributed by atoms with Crippen LogP contribution in [0.4, 0.5) is 0 Å². The average Bonchev–Trinajstić information content (AvgIpc) is 2.38. The Morgan fingerprint density at radius 1 is 0.810 bits per heavy atom. The van der Waals surface area contributed by atoms with Crippen molar-refractivity contribution in [3.8, 4) is 0 Å². The molecule has 6 nitrogen and oxygen atoms in total. The third kappa shape index (κ3) is 6.44. The van der Waals surface area contributed by atoms with Crippen LogP contribution in [-0.2, 0) is 9.59 Å². The maximum absolute atomic E-state index is 11.5. The van der Waals surface area contributed by atoms with Crippen LogP contribution in [0.15, 0.2) is 0 Å². The van der Waals surface area contributed by atoms with Gasteiger partial charge < -0.3 is 20.4 Å². The molecule has 0 aromatic rings. The summed E-state index contributed by atoms with van der Waals surface area (Å²) in [6.07, 6.45) is 1.19. The van der Waals surface area contributed by atoms with Gasteiger partial charge in [-0.3, -0.25) is 9.59 Å². The van der Waals surface area contributed by atoms with Crippen LogP contribution in [0, 0.1) is 5.41 Å². The highest BCUT2D eigenvalue weighted by Crippen LogP contribution is 2.33. The molecule has 0 rings (SSSR count). The first-order valence-electron chi connectivity index (χ1n) is 7.63. The monoisotopic (exact) mass is 304 g/mol. The molecule has 0 amide bonds. The van der Waals surface area contributed by atoms with Crippen molar-refractivity contribution < 1.29 is 30.0 Å². The molecule has 2 unspecified atom stereocenters. The lowest BCUT2D eigenvalue weighted by Gasteiger charge is -2.27. The van der Waals surface area contributed by atoms with Crippen LogP contribution in [-0.4, -0.2) is 44.6 Å². The fourth-order valence-corrected chi connectivity index (χ4v) is 2.43. The maximum atomic E-state index is 11.5. The van der Waals surface area contributed by atoms with E-state index in [0.29, 0.717) is 12.8 Å². The van der Waals surface area contributed by atoms with Crippen LogP contribution in [0.3, 0.4) is 0 Å². The first-order valence-corrected chi connectivity index (χ1v) is 7.63. The minimum atomic E-state index is -1.93. The van der Waals surface area contributed by atoms with E-state index in [4.69, 9.17) is 0 Å². The molecule has 0 saturated carbocycles. The number of aliphatic hydroxyl groups excluding tert-OH is 2. The van der Waals surface area contributed by atoms with E-state index in [1.807, 2.05) is 13.8 Å². The molecule has 4 N–H and O–H groups in total. The molecule has 0 aliphatic rings. The molecule has 21 heavy (non-hydrogen) atoms. The molecule has 0 heterocycles. The fraction of sp³-hybridized carbons (Fsp3) is 0.867. The van der Waals surface area contributed by atoms with Gasteiger partial charge in [-0.25, -0.2) is 0 Å². The Bertz CT molecular complexity index is 296. The molecule has 6 heteroatoms. The summed E-state index contributed by atoms with van der Waals surface area (Å²) in [5.41, 5.74) is -1.93. The van der Waals surface area contributed by atoms with Gasteiger partial charge in [0.1, 0.15) is 0 Å². The molecular weight excluding hydrogens is 276 g/mol. The molecule has 0 aromatic heterocycles. The first-order chi connectivity index (χ1) is 9.80. The van der Waals surface area contributed by atoms with E-state index in [1.54, 1.807) is 0 Å². The third-order valence-corrected chi connectivity index (χ3v) is 3.87. The van der Waals surface area contributed by atoms with E-state index in [0.717, 1.165) is 12.8 Å². The van der Waals surface area contributed by atoms with Gasteiger partial charge >= 0.3 is 11.9 Å². The smallest absolute Gasteiger partial charge is 0.321 e. The van der Waals surface area contributed by atoms with Gasteiger partial charge in [0.15, 0.2) is 5.41 Å². The van der Waals surface area contributed by atoms with Crippen molar-refractivity contribution in [3.63, 3.8) is 0 Å². The highest BCUT2D eigenvalue weighted by atomic mass is 16.4. The lowest BCUT2D eigenvalue weighted by atomic mass is 9.77. The van der Waals surface area contributed by atoms with E-state index in [-0.39, 0.29) is 25.7 Å². The standard InChI is InChI=1S/C15H28O6/c1-3-5-11(16)7-9-15(13(18)19,14(20)21)10-8-12(17)6-4-2/h11-12,16-17H,3-10H2,1-2H3,(H,18,19)(H,20,21). The molecular formula is C15H28O6. The Hall–Kier alpha value is -1.14. The zero-order valence-electron chi connectivity index (χ0n) is 12.9. The Morgan fingerprint density at radius 3 is 1.38 bits per heavy atom. The predicted octanol–water partition coefficient (Wildman–Crippen LogP) is 2.02. The zero-order valence-corrected chi connectivity index (χ0v) is 12.9. The molecule has 0 aliphatic heterocycles. The SMILES string of the molecule is CCCC(O)CCC(CCC(O)CCC)(C(=O)O)C(=O)O. The van der Waals surface area contributed by atoms with Crippen LogP contribution in [0.5, 0.6) is 0 Å². The van der Waals surface area contributed by atoms with Crippen molar-refractivity contribution in [2.45, 2.75) is 77.4 Å². The summed E-state index contributed by atoms with van der Waals surface area (Å²) in [7, 11) is 0. The summed E-state index contributed by atoms with van der Waals surface area (Å²) >= 11 is 0. The second-order valence-corrected chi connectivity index (χ2v) is 5.65. The molecule has 0 bridgehead atoms. The summed E-state index contributed by atoms with van der Waals surface area (Å²) < 4.78 is 0. The van der Waals surface area contributed by atoms with E-state index in [1.165, 1.54) is 0 Å². The first kappa shape index (κ1) is 19.9. The third-order valence-electron chi connectivity index (χ3n) is 3.87. The maximum Gasteiger partial charge on any atom is 0.321 e. The number of aliphatic carboxylic acids is 2. The van der Waals surface area contributed by atoms with E-state index < -0.39 is 29.6 Å². The van der Waals surface area contributed by atoms with Crippen LogP contribution < -0.4 is 0 Å². The van der Waals surface area contributed by atoms with E-state index in [9.17, 15) is 30.0 Å². The minimum Gasteiger partial charge on any atom is -0.480 e. The van der Waals surface area contributed by atoms with Gasteiger partial charge in [0.05, 0.1) is 12.2 Å². The Kier molecular flexibility index (Phi) is 9.21. The molecule has 0 fully saturated rings. The second kappa shape index (κ2) is 9.73. The quantitative estimate of drug-likeness (QED) is 0.410. The molecule has 0 saturated heterocycles. The van der Waals surface area contributed by atoms with Crippen molar-refractivity contribution in [2.75, 3.05) is 0 Å². The Balaban J connectivity index is 4.84. The van der Waals surface area contributed by atoms with Crippen molar-refractivity contribution in [1.29, 1.82) is 0 Å². The Labute approximate surface area is 125 Å². The number of aliphatic hydroxyl groups is 2. The summed E-state index contributed by atoms with van der Waals surface area (Å²) in [4.78, 5) is 22.9. The molecule has 0 aliphatic carbocycles.